The van der Waals surface area contributed by atoms with E-state index < -0.39 is 0 Å². The minimum Gasteiger partial charge on any atom is -0.508 e. The monoisotopic (exact) mass is 245 g/mol. The van der Waals surface area contributed by atoms with Crippen LogP contribution in [0.3, 0.4) is 0 Å². The van der Waals surface area contributed by atoms with Crippen molar-refractivity contribution in [2.24, 2.45) is 10.9 Å². The zero-order valence-electron chi connectivity index (χ0n) is 11.8. The highest BCUT2D eigenvalue weighted by Crippen LogP contribution is 2.25. The van der Waals surface area contributed by atoms with Crippen LogP contribution in [0.1, 0.15) is 33.6 Å². The maximum Gasteiger partial charge on any atom is 0.120 e. The van der Waals surface area contributed by atoms with Crippen LogP contribution in [0, 0.1) is 5.92 Å². The molecule has 1 aliphatic carbocycles. The molecular formula is C16H23NO. The highest BCUT2D eigenvalue weighted by Gasteiger charge is 2.09. The second-order valence-corrected chi connectivity index (χ2v) is 4.71. The van der Waals surface area contributed by atoms with E-state index in [1.807, 2.05) is 13.0 Å². The Labute approximate surface area is 110 Å². The minimum absolute atomic E-state index is 0.301. The fourth-order valence-corrected chi connectivity index (χ4v) is 1.94. The second-order valence-electron chi connectivity index (χ2n) is 4.71. The Kier molecular flexibility index (Phi) is 5.63. The summed E-state index contributed by atoms with van der Waals surface area (Å²) in [6.07, 6.45) is 11.9. The van der Waals surface area contributed by atoms with Gasteiger partial charge in [0.1, 0.15) is 5.76 Å². The van der Waals surface area contributed by atoms with Gasteiger partial charge in [-0.25, -0.2) is 0 Å². The summed E-state index contributed by atoms with van der Waals surface area (Å²) in [5, 5.41) is 9.98. The standard InChI is InChI=1S/C16H23NO/c1-5-6-16(18)15(11-17-4)10-14-9-12(2)7-8-13(14)3/h6,8-12,18H,5,7H2,1-4H3/b15-10-,16-6-,17-11?/t12-/m1/s1. The summed E-state index contributed by atoms with van der Waals surface area (Å²) >= 11 is 0. The molecule has 0 radical (unpaired) electrons. The summed E-state index contributed by atoms with van der Waals surface area (Å²) in [6.45, 7) is 6.31. The molecule has 0 aliphatic heterocycles. The first-order valence-electron chi connectivity index (χ1n) is 6.50. The molecule has 0 fully saturated rings. The molecule has 0 aromatic heterocycles. The van der Waals surface area contributed by atoms with Gasteiger partial charge in [-0.1, -0.05) is 26.0 Å². The lowest BCUT2D eigenvalue weighted by Crippen LogP contribution is -2.00. The lowest BCUT2D eigenvalue weighted by Gasteiger charge is -2.15. The van der Waals surface area contributed by atoms with E-state index in [4.69, 9.17) is 0 Å². The van der Waals surface area contributed by atoms with Crippen molar-refractivity contribution in [2.45, 2.75) is 33.6 Å². The summed E-state index contributed by atoms with van der Waals surface area (Å²) in [6, 6.07) is 0. The van der Waals surface area contributed by atoms with Crippen molar-refractivity contribution in [2.75, 3.05) is 7.05 Å². The average molecular weight is 245 g/mol. The van der Waals surface area contributed by atoms with Gasteiger partial charge < -0.3 is 5.11 Å². The van der Waals surface area contributed by atoms with Crippen LogP contribution in [0.4, 0.5) is 0 Å². The molecule has 1 atom stereocenters. The number of nitrogens with zero attached hydrogens (tertiary/aromatic N) is 1. The Balaban J connectivity index is 3.09. The van der Waals surface area contributed by atoms with Gasteiger partial charge in [-0.05, 0) is 49.0 Å². The molecule has 0 bridgehead atoms. The Morgan fingerprint density at radius 2 is 2.28 bits per heavy atom. The van der Waals surface area contributed by atoms with E-state index in [-0.39, 0.29) is 0 Å². The third kappa shape index (κ3) is 4.02. The van der Waals surface area contributed by atoms with Gasteiger partial charge in [-0.15, -0.1) is 0 Å². The van der Waals surface area contributed by atoms with Crippen molar-refractivity contribution in [1.82, 2.24) is 0 Å². The van der Waals surface area contributed by atoms with Crippen LogP contribution < -0.4 is 0 Å². The first-order valence-corrected chi connectivity index (χ1v) is 6.50. The number of rotatable bonds is 4. The van der Waals surface area contributed by atoms with Gasteiger partial charge in [0.2, 0.25) is 0 Å². The van der Waals surface area contributed by atoms with Crippen molar-refractivity contribution in [3.63, 3.8) is 0 Å². The summed E-state index contributed by atoms with van der Waals surface area (Å²) in [4.78, 5) is 4.01. The van der Waals surface area contributed by atoms with Gasteiger partial charge in [0, 0.05) is 18.8 Å². The first kappa shape index (κ1) is 14.5. The van der Waals surface area contributed by atoms with Gasteiger partial charge in [-0.3, -0.25) is 4.99 Å². The van der Waals surface area contributed by atoms with E-state index in [1.165, 1.54) is 11.1 Å². The average Bonchev–Trinajstić information content (AvgIpc) is 2.33. The molecule has 0 spiro atoms. The van der Waals surface area contributed by atoms with Crippen LogP contribution in [0.5, 0.6) is 0 Å². The van der Waals surface area contributed by atoms with E-state index >= 15 is 0 Å². The largest absolute Gasteiger partial charge is 0.508 e. The number of allylic oxidation sites excluding steroid dienone is 7. The maximum atomic E-state index is 9.98. The molecule has 0 heterocycles. The number of aliphatic hydroxyl groups excluding tert-OH is 1. The van der Waals surface area contributed by atoms with E-state index in [9.17, 15) is 5.11 Å². The molecule has 2 heteroatoms. The van der Waals surface area contributed by atoms with Crippen LogP contribution in [0.2, 0.25) is 0 Å². The molecule has 0 amide bonds. The Morgan fingerprint density at radius 3 is 2.89 bits per heavy atom. The maximum absolute atomic E-state index is 9.98. The SMILES string of the molecule is CC/C=C(O)/C(C=NC)=C\C1=C[C@H](C)CC=C1C. The molecule has 0 unspecified atom stereocenters. The lowest BCUT2D eigenvalue weighted by molar-refractivity contribution is 0.426. The van der Waals surface area contributed by atoms with Gasteiger partial charge in [-0.2, -0.15) is 0 Å². The molecule has 2 nitrogen and oxygen atoms in total. The summed E-state index contributed by atoms with van der Waals surface area (Å²) < 4.78 is 0. The van der Waals surface area contributed by atoms with E-state index in [2.05, 4.69) is 31.0 Å². The number of hydrogen-bond acceptors (Lipinski definition) is 2. The van der Waals surface area contributed by atoms with Gasteiger partial charge >= 0.3 is 0 Å². The Hall–Kier alpha value is -1.57. The van der Waals surface area contributed by atoms with Crippen molar-refractivity contribution in [3.8, 4) is 0 Å². The highest BCUT2D eigenvalue weighted by atomic mass is 16.3. The van der Waals surface area contributed by atoms with Gasteiger partial charge in [0.15, 0.2) is 0 Å². The number of aliphatic imine (C=N–C) groups is 1. The third-order valence-electron chi connectivity index (χ3n) is 2.99. The topological polar surface area (TPSA) is 32.6 Å². The van der Waals surface area contributed by atoms with Gasteiger partial charge in [0.25, 0.3) is 0 Å². The van der Waals surface area contributed by atoms with Crippen molar-refractivity contribution >= 4 is 6.21 Å². The minimum atomic E-state index is 0.301. The smallest absolute Gasteiger partial charge is 0.120 e. The van der Waals surface area contributed by atoms with Crippen molar-refractivity contribution < 1.29 is 5.11 Å². The molecule has 1 rings (SSSR count). The van der Waals surface area contributed by atoms with Crippen LogP contribution in [-0.2, 0) is 0 Å². The molecule has 0 aromatic carbocycles. The predicted octanol–water partition coefficient (Wildman–Crippen LogP) is 4.38. The summed E-state index contributed by atoms with van der Waals surface area (Å²) in [5.41, 5.74) is 3.21. The second kappa shape index (κ2) is 7.00. The molecular weight excluding hydrogens is 222 g/mol. The fourth-order valence-electron chi connectivity index (χ4n) is 1.94. The molecule has 0 saturated heterocycles. The molecule has 18 heavy (non-hydrogen) atoms. The number of aliphatic hydroxyl groups is 1. The number of hydrogen-bond donors (Lipinski definition) is 1. The fraction of sp³-hybridized carbons (Fsp3) is 0.438. The van der Waals surface area contributed by atoms with E-state index in [0.29, 0.717) is 11.7 Å². The van der Waals surface area contributed by atoms with Crippen LogP contribution in [-0.4, -0.2) is 18.4 Å². The quantitative estimate of drug-likeness (QED) is 0.445. The van der Waals surface area contributed by atoms with Gasteiger partial charge in [0.05, 0.1) is 0 Å². The van der Waals surface area contributed by atoms with Crippen LogP contribution in [0.25, 0.3) is 0 Å². The zero-order valence-corrected chi connectivity index (χ0v) is 11.8. The molecule has 1 N–H and O–H groups in total. The molecule has 0 aromatic rings. The predicted molar refractivity (Wildman–Crippen MR) is 79.1 cm³/mol. The summed E-state index contributed by atoms with van der Waals surface area (Å²) in [5.74, 6) is 0.854. The molecule has 1 aliphatic rings. The normalized spacial score (nSPS) is 22.1. The Bertz CT molecular complexity index is 436. The highest BCUT2D eigenvalue weighted by molar-refractivity contribution is 5.84. The van der Waals surface area contributed by atoms with E-state index in [1.54, 1.807) is 19.3 Å². The molecule has 98 valence electrons. The molecule has 0 saturated carbocycles. The Morgan fingerprint density at radius 1 is 1.56 bits per heavy atom. The van der Waals surface area contributed by atoms with Crippen LogP contribution >= 0.6 is 0 Å². The summed E-state index contributed by atoms with van der Waals surface area (Å²) in [7, 11) is 1.72. The third-order valence-corrected chi connectivity index (χ3v) is 2.99. The van der Waals surface area contributed by atoms with E-state index in [0.717, 1.165) is 18.4 Å². The lowest BCUT2D eigenvalue weighted by atomic mass is 9.91. The van der Waals surface area contributed by atoms with Crippen molar-refractivity contribution in [3.05, 3.63) is 46.8 Å². The van der Waals surface area contributed by atoms with Crippen LogP contribution in [0.15, 0.2) is 51.8 Å². The zero-order chi connectivity index (χ0) is 13.5. The first-order chi connectivity index (χ1) is 8.58. The van der Waals surface area contributed by atoms with Crippen molar-refractivity contribution in [1.29, 1.82) is 0 Å².